The highest BCUT2D eigenvalue weighted by Gasteiger charge is 2.22. The number of fused-ring (bicyclic) bond motifs is 1. The minimum Gasteiger partial charge on any atom is -0.371 e. The van der Waals surface area contributed by atoms with Gasteiger partial charge in [-0.1, -0.05) is 29.8 Å². The Labute approximate surface area is 192 Å². The van der Waals surface area contributed by atoms with Crippen molar-refractivity contribution in [3.8, 4) is 5.69 Å². The van der Waals surface area contributed by atoms with Crippen LogP contribution in [0.2, 0.25) is 5.02 Å². The second kappa shape index (κ2) is 9.05. The van der Waals surface area contributed by atoms with Crippen molar-refractivity contribution in [3.63, 3.8) is 0 Å². The molecule has 0 spiro atoms. The maximum Gasteiger partial charge on any atom is 0.268 e. The van der Waals surface area contributed by atoms with Crippen molar-refractivity contribution in [1.29, 1.82) is 0 Å². The summed E-state index contributed by atoms with van der Waals surface area (Å²) >= 11 is 6.08. The number of benzene rings is 2. The zero-order valence-corrected chi connectivity index (χ0v) is 18.5. The van der Waals surface area contributed by atoms with E-state index in [1.807, 2.05) is 71.6 Å². The monoisotopic (exact) mass is 444 g/mol. The largest absolute Gasteiger partial charge is 0.371 e. The van der Waals surface area contributed by atoms with Crippen LogP contribution in [0, 0.1) is 5.92 Å². The summed E-state index contributed by atoms with van der Waals surface area (Å²) in [6.07, 6.45) is 5.79. The Balaban J connectivity index is 1.29. The minimum absolute atomic E-state index is 0.0484. The van der Waals surface area contributed by atoms with Crippen LogP contribution in [0.5, 0.6) is 0 Å². The van der Waals surface area contributed by atoms with E-state index in [-0.39, 0.29) is 5.91 Å². The number of amides is 1. The van der Waals surface area contributed by atoms with Gasteiger partial charge in [0.2, 0.25) is 0 Å². The lowest BCUT2D eigenvalue weighted by molar-refractivity contribution is 0.0938. The summed E-state index contributed by atoms with van der Waals surface area (Å²) in [5.41, 5.74) is 3.79. The van der Waals surface area contributed by atoms with Crippen LogP contribution in [-0.2, 0) is 0 Å². The van der Waals surface area contributed by atoms with Crippen LogP contribution in [0.25, 0.3) is 16.6 Å². The van der Waals surface area contributed by atoms with Gasteiger partial charge in [0.1, 0.15) is 5.69 Å². The molecular formula is C26H25ClN4O. The standard InChI is InChI=1S/C26H25ClN4O/c27-21-5-7-23(8-6-21)31-24-4-2-1-3-20(24)17-25(31)26(32)29-18-19-11-15-30(16-12-19)22-9-13-28-14-10-22/h1-10,13-14,17,19H,11-12,15-16,18H2,(H,29,32). The quantitative estimate of drug-likeness (QED) is 0.453. The predicted octanol–water partition coefficient (Wildman–Crippen LogP) is 5.33. The van der Waals surface area contributed by atoms with Gasteiger partial charge in [0.15, 0.2) is 0 Å². The molecule has 0 atom stereocenters. The number of para-hydroxylation sites is 1. The molecule has 1 amide bonds. The van der Waals surface area contributed by atoms with E-state index in [1.54, 1.807) is 0 Å². The Bertz CT molecular complexity index is 1210. The van der Waals surface area contributed by atoms with Gasteiger partial charge in [-0.05, 0) is 67.3 Å². The molecular weight excluding hydrogens is 420 g/mol. The zero-order chi connectivity index (χ0) is 21.9. The number of nitrogens with one attached hydrogen (secondary N) is 1. The summed E-state index contributed by atoms with van der Waals surface area (Å²) in [4.78, 5) is 19.7. The van der Waals surface area contributed by atoms with Crippen LogP contribution in [0.1, 0.15) is 23.3 Å². The van der Waals surface area contributed by atoms with Crippen molar-refractivity contribution >= 4 is 34.1 Å². The molecule has 0 saturated carbocycles. The van der Waals surface area contributed by atoms with Gasteiger partial charge in [-0.25, -0.2) is 0 Å². The fraction of sp³-hybridized carbons (Fsp3) is 0.231. The predicted molar refractivity (Wildman–Crippen MR) is 130 cm³/mol. The molecule has 3 heterocycles. The van der Waals surface area contributed by atoms with Gasteiger partial charge < -0.3 is 14.8 Å². The van der Waals surface area contributed by atoms with Crippen molar-refractivity contribution in [3.05, 3.63) is 89.8 Å². The number of piperidine rings is 1. The lowest BCUT2D eigenvalue weighted by atomic mass is 9.96. The zero-order valence-electron chi connectivity index (χ0n) is 17.7. The molecule has 32 heavy (non-hydrogen) atoms. The van der Waals surface area contributed by atoms with Gasteiger partial charge in [0.25, 0.3) is 5.91 Å². The van der Waals surface area contributed by atoms with Crippen LogP contribution >= 0.6 is 11.6 Å². The summed E-state index contributed by atoms with van der Waals surface area (Å²) in [5.74, 6) is 0.429. The van der Waals surface area contributed by atoms with Gasteiger partial charge in [0.05, 0.1) is 5.52 Å². The number of hydrogen-bond donors (Lipinski definition) is 1. The smallest absolute Gasteiger partial charge is 0.268 e. The second-order valence-electron chi connectivity index (χ2n) is 8.25. The van der Waals surface area contributed by atoms with E-state index in [9.17, 15) is 4.79 Å². The molecule has 2 aromatic heterocycles. The Hall–Kier alpha value is -3.31. The summed E-state index contributed by atoms with van der Waals surface area (Å²) in [6, 6.07) is 21.7. The van der Waals surface area contributed by atoms with E-state index in [0.29, 0.717) is 23.2 Å². The molecule has 162 valence electrons. The number of pyridine rings is 1. The number of nitrogens with zero attached hydrogens (tertiary/aromatic N) is 3. The van der Waals surface area contributed by atoms with Crippen molar-refractivity contribution in [2.24, 2.45) is 5.92 Å². The van der Waals surface area contributed by atoms with Crippen LogP contribution < -0.4 is 10.2 Å². The van der Waals surface area contributed by atoms with Crippen molar-refractivity contribution in [1.82, 2.24) is 14.9 Å². The topological polar surface area (TPSA) is 50.2 Å². The van der Waals surface area contributed by atoms with Crippen LogP contribution in [0.3, 0.4) is 0 Å². The lowest BCUT2D eigenvalue weighted by Crippen LogP contribution is -2.39. The van der Waals surface area contributed by atoms with Gasteiger partial charge in [-0.15, -0.1) is 0 Å². The Morgan fingerprint density at radius 2 is 1.69 bits per heavy atom. The number of hydrogen-bond acceptors (Lipinski definition) is 3. The highest BCUT2D eigenvalue weighted by molar-refractivity contribution is 6.30. The molecule has 4 aromatic rings. The summed E-state index contributed by atoms with van der Waals surface area (Å²) < 4.78 is 2.01. The first-order valence-electron chi connectivity index (χ1n) is 11.0. The molecule has 5 nitrogen and oxygen atoms in total. The van der Waals surface area contributed by atoms with Crippen molar-refractivity contribution in [2.45, 2.75) is 12.8 Å². The third-order valence-electron chi connectivity index (χ3n) is 6.22. The third-order valence-corrected chi connectivity index (χ3v) is 6.47. The second-order valence-corrected chi connectivity index (χ2v) is 8.68. The number of aromatic nitrogens is 2. The molecule has 0 radical (unpaired) electrons. The van der Waals surface area contributed by atoms with Crippen LogP contribution in [0.4, 0.5) is 5.69 Å². The molecule has 1 aliphatic rings. The number of anilines is 1. The van der Waals surface area contributed by atoms with E-state index in [1.165, 1.54) is 5.69 Å². The molecule has 2 aromatic carbocycles. The minimum atomic E-state index is -0.0484. The first-order valence-corrected chi connectivity index (χ1v) is 11.4. The molecule has 1 N–H and O–H groups in total. The molecule has 0 unspecified atom stereocenters. The number of carbonyl (C=O) groups is 1. The SMILES string of the molecule is O=C(NCC1CCN(c2ccncc2)CC1)c1cc2ccccc2n1-c1ccc(Cl)cc1. The molecule has 1 saturated heterocycles. The Morgan fingerprint density at radius 1 is 0.969 bits per heavy atom. The number of halogens is 1. The van der Waals surface area contributed by atoms with E-state index in [4.69, 9.17) is 11.6 Å². The fourth-order valence-corrected chi connectivity index (χ4v) is 4.59. The molecule has 5 rings (SSSR count). The number of rotatable bonds is 5. The maximum absolute atomic E-state index is 13.2. The fourth-order valence-electron chi connectivity index (χ4n) is 4.47. The molecule has 1 aliphatic heterocycles. The average Bonchev–Trinajstić information content (AvgIpc) is 3.24. The maximum atomic E-state index is 13.2. The van der Waals surface area contributed by atoms with E-state index < -0.39 is 0 Å². The first-order chi connectivity index (χ1) is 15.7. The Morgan fingerprint density at radius 3 is 2.44 bits per heavy atom. The van der Waals surface area contributed by atoms with Gasteiger partial charge in [-0.3, -0.25) is 9.78 Å². The molecule has 1 fully saturated rings. The molecule has 0 aliphatic carbocycles. The lowest BCUT2D eigenvalue weighted by Gasteiger charge is -2.33. The first kappa shape index (κ1) is 20.6. The number of carbonyl (C=O) groups excluding carboxylic acids is 1. The van der Waals surface area contributed by atoms with Crippen molar-refractivity contribution < 1.29 is 4.79 Å². The third kappa shape index (κ3) is 4.21. The van der Waals surface area contributed by atoms with E-state index in [0.717, 1.165) is 42.5 Å². The summed E-state index contributed by atoms with van der Waals surface area (Å²) in [6.45, 7) is 2.68. The van der Waals surface area contributed by atoms with Crippen LogP contribution in [-0.4, -0.2) is 35.1 Å². The summed E-state index contributed by atoms with van der Waals surface area (Å²) in [5, 5.41) is 4.91. The Kier molecular flexibility index (Phi) is 5.82. The average molecular weight is 445 g/mol. The highest BCUT2D eigenvalue weighted by atomic mass is 35.5. The normalized spacial score (nSPS) is 14.6. The molecule has 0 bridgehead atoms. The van der Waals surface area contributed by atoms with Gasteiger partial charge in [-0.2, -0.15) is 0 Å². The van der Waals surface area contributed by atoms with Crippen molar-refractivity contribution in [2.75, 3.05) is 24.5 Å². The van der Waals surface area contributed by atoms with E-state index >= 15 is 0 Å². The van der Waals surface area contributed by atoms with E-state index in [2.05, 4.69) is 27.3 Å². The van der Waals surface area contributed by atoms with Crippen LogP contribution in [0.15, 0.2) is 79.1 Å². The van der Waals surface area contributed by atoms with Gasteiger partial charge >= 0.3 is 0 Å². The van der Waals surface area contributed by atoms with Gasteiger partial charge in [0, 0.05) is 53.8 Å². The summed E-state index contributed by atoms with van der Waals surface area (Å²) in [7, 11) is 0. The highest BCUT2D eigenvalue weighted by Crippen LogP contribution is 2.26. The molecule has 6 heteroatoms.